The molecule has 4 heterocycles. The lowest BCUT2D eigenvalue weighted by Crippen LogP contribution is -2.00. The molecule has 0 fully saturated rings. The van der Waals surface area contributed by atoms with Gasteiger partial charge in [0.05, 0.1) is 46.0 Å². The number of aromatic nitrogens is 4. The first-order valence-corrected chi connectivity index (χ1v) is 8.45. The van der Waals surface area contributed by atoms with Crippen LogP contribution in [0.15, 0.2) is 73.3 Å². The van der Waals surface area contributed by atoms with E-state index in [1.165, 1.54) is 0 Å². The monoisotopic (exact) mass is 360 g/mol. The molecule has 0 atom stereocenters. The van der Waals surface area contributed by atoms with Gasteiger partial charge < -0.3 is 0 Å². The molecule has 0 aliphatic carbocycles. The van der Waals surface area contributed by atoms with E-state index in [1.807, 2.05) is 30.3 Å². The highest BCUT2D eigenvalue weighted by Crippen LogP contribution is 2.38. The molecule has 4 aromatic rings. The summed E-state index contributed by atoms with van der Waals surface area (Å²) >= 11 is 0. The van der Waals surface area contributed by atoms with E-state index in [1.54, 1.807) is 43.0 Å². The van der Waals surface area contributed by atoms with Crippen LogP contribution in [0.4, 0.5) is 0 Å². The molecular weight excluding hydrogens is 348 g/mol. The molecule has 0 aliphatic heterocycles. The molecule has 4 rings (SSSR count). The molecule has 130 valence electrons. The Bertz CT molecular complexity index is 1220. The number of hydrogen-bond acceptors (Lipinski definition) is 6. The molecule has 0 N–H and O–H groups in total. The number of rotatable bonds is 3. The van der Waals surface area contributed by atoms with Gasteiger partial charge in [-0.1, -0.05) is 12.1 Å². The van der Waals surface area contributed by atoms with Crippen molar-refractivity contribution in [1.82, 2.24) is 19.9 Å². The molecule has 0 saturated carbocycles. The summed E-state index contributed by atoms with van der Waals surface area (Å²) in [5, 5.41) is 19.4. The van der Waals surface area contributed by atoms with Crippen molar-refractivity contribution in [2.45, 2.75) is 0 Å². The van der Waals surface area contributed by atoms with Gasteiger partial charge in [-0.3, -0.25) is 19.9 Å². The molecule has 6 heteroatoms. The van der Waals surface area contributed by atoms with E-state index < -0.39 is 0 Å². The van der Waals surface area contributed by atoms with Crippen molar-refractivity contribution in [3.8, 4) is 46.0 Å². The van der Waals surface area contributed by atoms with Crippen molar-refractivity contribution in [2.75, 3.05) is 0 Å². The molecule has 0 amide bonds. The molecular formula is C22H12N6. The summed E-state index contributed by atoms with van der Waals surface area (Å²) in [5.41, 5.74) is 4.13. The van der Waals surface area contributed by atoms with Crippen LogP contribution in [0.2, 0.25) is 0 Å². The lowest BCUT2D eigenvalue weighted by molar-refractivity contribution is 1.21. The van der Waals surface area contributed by atoms with Crippen molar-refractivity contribution >= 4 is 0 Å². The average Bonchev–Trinajstić information content (AvgIpc) is 2.79. The van der Waals surface area contributed by atoms with Crippen molar-refractivity contribution in [3.05, 3.63) is 84.4 Å². The molecule has 0 spiro atoms. The van der Waals surface area contributed by atoms with Crippen LogP contribution in [0, 0.1) is 22.7 Å². The van der Waals surface area contributed by atoms with Gasteiger partial charge in [0.15, 0.2) is 0 Å². The SMILES string of the molecule is N#Cc1ccnc(-c2c(C#N)ccnc2-c2ccccn2)c1-c1ccccn1. The Morgan fingerprint density at radius 3 is 1.68 bits per heavy atom. The first-order valence-electron chi connectivity index (χ1n) is 8.45. The predicted molar refractivity (Wildman–Crippen MR) is 103 cm³/mol. The van der Waals surface area contributed by atoms with Crippen LogP contribution in [0.3, 0.4) is 0 Å². The van der Waals surface area contributed by atoms with Crippen LogP contribution in [0.1, 0.15) is 11.1 Å². The molecule has 0 aliphatic rings. The number of pyridine rings is 4. The Morgan fingerprint density at radius 2 is 1.11 bits per heavy atom. The van der Waals surface area contributed by atoms with Gasteiger partial charge in [-0.05, 0) is 36.4 Å². The van der Waals surface area contributed by atoms with Crippen molar-refractivity contribution < 1.29 is 0 Å². The quantitative estimate of drug-likeness (QED) is 0.547. The molecule has 0 unspecified atom stereocenters. The van der Waals surface area contributed by atoms with E-state index in [-0.39, 0.29) is 0 Å². The van der Waals surface area contributed by atoms with Gasteiger partial charge in [-0.25, -0.2) is 0 Å². The van der Waals surface area contributed by atoms with Crippen molar-refractivity contribution in [3.63, 3.8) is 0 Å². The van der Waals surface area contributed by atoms with E-state index in [4.69, 9.17) is 0 Å². The van der Waals surface area contributed by atoms with Gasteiger partial charge in [-0.2, -0.15) is 10.5 Å². The molecule has 0 bridgehead atoms. The largest absolute Gasteiger partial charge is 0.256 e. The van der Waals surface area contributed by atoms with E-state index in [9.17, 15) is 10.5 Å². The zero-order chi connectivity index (χ0) is 19.3. The van der Waals surface area contributed by atoms with Crippen LogP contribution >= 0.6 is 0 Å². The number of nitriles is 2. The Kier molecular flexibility index (Phi) is 4.53. The summed E-state index contributed by atoms with van der Waals surface area (Å²) in [6.45, 7) is 0. The maximum absolute atomic E-state index is 9.73. The van der Waals surface area contributed by atoms with Crippen molar-refractivity contribution in [1.29, 1.82) is 10.5 Å². The van der Waals surface area contributed by atoms with Crippen LogP contribution < -0.4 is 0 Å². The summed E-state index contributed by atoms with van der Waals surface area (Å²) in [7, 11) is 0. The summed E-state index contributed by atoms with van der Waals surface area (Å²) in [6.07, 6.45) is 6.44. The summed E-state index contributed by atoms with van der Waals surface area (Å²) in [5.74, 6) is 0. The van der Waals surface area contributed by atoms with Crippen molar-refractivity contribution in [2.24, 2.45) is 0 Å². The van der Waals surface area contributed by atoms with Crippen LogP contribution in [0.25, 0.3) is 33.9 Å². The number of nitrogens with zero attached hydrogens (tertiary/aromatic N) is 6. The highest BCUT2D eigenvalue weighted by atomic mass is 14.8. The lowest BCUT2D eigenvalue weighted by atomic mass is 9.93. The maximum atomic E-state index is 9.73. The standard InChI is InChI=1S/C22H12N6/c23-13-15-7-12-28-22(19(15)17-5-1-3-9-25-17)20-16(14-24)8-11-27-21(20)18-6-2-4-10-26-18/h1-12H. The van der Waals surface area contributed by atoms with E-state index in [0.717, 1.165) is 0 Å². The first-order chi connectivity index (χ1) is 13.8. The van der Waals surface area contributed by atoms with E-state index in [0.29, 0.717) is 45.0 Å². The highest BCUT2D eigenvalue weighted by Gasteiger charge is 2.22. The average molecular weight is 360 g/mol. The lowest BCUT2D eigenvalue weighted by Gasteiger charge is -2.14. The molecule has 28 heavy (non-hydrogen) atoms. The normalized spacial score (nSPS) is 10.1. The second kappa shape index (κ2) is 7.45. The third-order valence-electron chi connectivity index (χ3n) is 4.21. The Labute approximate surface area is 161 Å². The molecule has 0 radical (unpaired) electrons. The molecule has 4 aromatic heterocycles. The minimum atomic E-state index is 0.399. The van der Waals surface area contributed by atoms with Gasteiger partial charge in [-0.15, -0.1) is 0 Å². The zero-order valence-corrected chi connectivity index (χ0v) is 14.6. The zero-order valence-electron chi connectivity index (χ0n) is 14.6. The summed E-state index contributed by atoms with van der Waals surface area (Å²) < 4.78 is 0. The fourth-order valence-electron chi connectivity index (χ4n) is 3.01. The fraction of sp³-hybridized carbons (Fsp3) is 0. The highest BCUT2D eigenvalue weighted by molar-refractivity contribution is 5.91. The van der Waals surface area contributed by atoms with E-state index >= 15 is 0 Å². The maximum Gasteiger partial charge on any atom is 0.1000 e. The summed E-state index contributed by atoms with van der Waals surface area (Å²) in [4.78, 5) is 17.8. The minimum Gasteiger partial charge on any atom is -0.256 e. The number of hydrogen-bond donors (Lipinski definition) is 0. The first kappa shape index (κ1) is 17.0. The molecule has 0 aromatic carbocycles. The Morgan fingerprint density at radius 1 is 0.536 bits per heavy atom. The van der Waals surface area contributed by atoms with Gasteiger partial charge >= 0.3 is 0 Å². The Hall–Kier alpha value is -4.42. The third kappa shape index (κ3) is 2.96. The Balaban J connectivity index is 2.10. The summed E-state index contributed by atoms with van der Waals surface area (Å²) in [6, 6.07) is 18.6. The van der Waals surface area contributed by atoms with Crippen LogP contribution in [-0.4, -0.2) is 19.9 Å². The fourth-order valence-corrected chi connectivity index (χ4v) is 3.01. The van der Waals surface area contributed by atoms with Gasteiger partial charge in [0.25, 0.3) is 0 Å². The second-order valence-electron chi connectivity index (χ2n) is 5.82. The van der Waals surface area contributed by atoms with Gasteiger partial charge in [0.1, 0.15) is 0 Å². The van der Waals surface area contributed by atoms with Gasteiger partial charge in [0, 0.05) is 35.9 Å². The van der Waals surface area contributed by atoms with Crippen LogP contribution in [-0.2, 0) is 0 Å². The van der Waals surface area contributed by atoms with Crippen LogP contribution in [0.5, 0.6) is 0 Å². The topological polar surface area (TPSA) is 99.1 Å². The molecule has 0 saturated heterocycles. The predicted octanol–water partition coefficient (Wildman–Crippen LogP) is 4.01. The van der Waals surface area contributed by atoms with E-state index in [2.05, 4.69) is 32.1 Å². The minimum absolute atomic E-state index is 0.399. The van der Waals surface area contributed by atoms with Gasteiger partial charge in [0.2, 0.25) is 0 Å². The third-order valence-corrected chi connectivity index (χ3v) is 4.21. The second-order valence-corrected chi connectivity index (χ2v) is 5.82. The molecule has 6 nitrogen and oxygen atoms in total. The smallest absolute Gasteiger partial charge is 0.1000 e.